The second kappa shape index (κ2) is 7.36. The quantitative estimate of drug-likeness (QED) is 0.488. The number of amides is 1. The van der Waals surface area contributed by atoms with Crippen molar-refractivity contribution in [3.63, 3.8) is 0 Å². The predicted molar refractivity (Wildman–Crippen MR) is 113 cm³/mol. The standard InChI is InChI=1S/C21H19N5O2S/c27-18(24-12-6-7-13-24)14-29-21-23-22-20-25(15-8-2-1-3-9-15)19(28)16-10-4-5-11-17(16)26(20)21/h1-5,8-11H,6-7,12-14H2. The Bertz CT molecular complexity index is 1260. The Morgan fingerprint density at radius 2 is 1.69 bits per heavy atom. The first-order valence-electron chi connectivity index (χ1n) is 9.59. The minimum Gasteiger partial charge on any atom is -0.342 e. The van der Waals surface area contributed by atoms with Crippen molar-refractivity contribution in [2.75, 3.05) is 18.8 Å². The molecule has 0 N–H and O–H groups in total. The molecule has 7 nitrogen and oxygen atoms in total. The fourth-order valence-electron chi connectivity index (χ4n) is 3.77. The van der Waals surface area contributed by atoms with E-state index in [1.165, 1.54) is 11.8 Å². The molecule has 1 fully saturated rings. The van der Waals surface area contributed by atoms with Crippen molar-refractivity contribution < 1.29 is 4.79 Å². The molecule has 1 amide bonds. The normalized spacial score (nSPS) is 14.1. The van der Waals surface area contributed by atoms with Gasteiger partial charge < -0.3 is 4.90 Å². The molecule has 2 aromatic heterocycles. The van der Waals surface area contributed by atoms with E-state index in [1.807, 2.05) is 57.8 Å². The number of aromatic nitrogens is 4. The zero-order valence-corrected chi connectivity index (χ0v) is 16.5. The third-order valence-electron chi connectivity index (χ3n) is 5.19. The van der Waals surface area contributed by atoms with Crippen molar-refractivity contribution in [3.05, 3.63) is 65.0 Å². The number of benzene rings is 2. The summed E-state index contributed by atoms with van der Waals surface area (Å²) in [4.78, 5) is 27.6. The number of rotatable bonds is 4. The van der Waals surface area contributed by atoms with Crippen LogP contribution < -0.4 is 5.56 Å². The highest BCUT2D eigenvalue weighted by molar-refractivity contribution is 7.99. The van der Waals surface area contributed by atoms with Crippen molar-refractivity contribution in [2.24, 2.45) is 0 Å². The molecule has 0 bridgehead atoms. The number of fused-ring (bicyclic) bond motifs is 3. The van der Waals surface area contributed by atoms with Crippen LogP contribution in [0.1, 0.15) is 12.8 Å². The highest BCUT2D eigenvalue weighted by atomic mass is 32.2. The van der Waals surface area contributed by atoms with Crippen LogP contribution in [0.5, 0.6) is 0 Å². The van der Waals surface area contributed by atoms with Crippen LogP contribution in [0.2, 0.25) is 0 Å². The van der Waals surface area contributed by atoms with Crippen LogP contribution in [0.15, 0.2) is 64.5 Å². The number of hydrogen-bond donors (Lipinski definition) is 0. The highest BCUT2D eigenvalue weighted by Gasteiger charge is 2.21. The first-order valence-corrected chi connectivity index (χ1v) is 10.6. The van der Waals surface area contributed by atoms with Gasteiger partial charge in [-0.25, -0.2) is 4.57 Å². The van der Waals surface area contributed by atoms with Crippen molar-refractivity contribution >= 4 is 34.3 Å². The lowest BCUT2D eigenvalue weighted by Crippen LogP contribution is -2.29. The lowest BCUT2D eigenvalue weighted by Gasteiger charge is -2.14. The summed E-state index contributed by atoms with van der Waals surface area (Å²) in [6.45, 7) is 1.66. The number of thioether (sulfide) groups is 1. The first-order chi connectivity index (χ1) is 14.2. The van der Waals surface area contributed by atoms with E-state index in [4.69, 9.17) is 0 Å². The van der Waals surface area contributed by atoms with Crippen LogP contribution in [-0.2, 0) is 4.79 Å². The SMILES string of the molecule is O=C(CSc1nnc2n(-c3ccccc3)c(=O)c3ccccc3n12)N1CCCC1. The average molecular weight is 405 g/mol. The van der Waals surface area contributed by atoms with Gasteiger partial charge in [0.05, 0.1) is 22.3 Å². The summed E-state index contributed by atoms with van der Waals surface area (Å²) in [6, 6.07) is 16.8. The number of likely N-dealkylation sites (tertiary alicyclic amines) is 1. The fraction of sp³-hybridized carbons (Fsp3) is 0.238. The summed E-state index contributed by atoms with van der Waals surface area (Å²) in [5.41, 5.74) is 1.32. The Hall–Kier alpha value is -3.13. The lowest BCUT2D eigenvalue weighted by molar-refractivity contribution is -0.127. The fourth-order valence-corrected chi connectivity index (χ4v) is 4.61. The van der Waals surface area contributed by atoms with Crippen molar-refractivity contribution in [3.8, 4) is 5.69 Å². The molecule has 0 unspecified atom stereocenters. The number of carbonyl (C=O) groups excluding carboxylic acids is 1. The second-order valence-electron chi connectivity index (χ2n) is 6.99. The minimum atomic E-state index is -0.142. The smallest absolute Gasteiger partial charge is 0.267 e. The van der Waals surface area contributed by atoms with Crippen LogP contribution in [0, 0.1) is 0 Å². The molecule has 4 aromatic rings. The molecular weight excluding hydrogens is 386 g/mol. The highest BCUT2D eigenvalue weighted by Crippen LogP contribution is 2.23. The Labute approximate surface area is 171 Å². The largest absolute Gasteiger partial charge is 0.342 e. The van der Waals surface area contributed by atoms with E-state index in [0.29, 0.717) is 22.1 Å². The van der Waals surface area contributed by atoms with Crippen LogP contribution in [0.25, 0.3) is 22.4 Å². The average Bonchev–Trinajstić information content (AvgIpc) is 3.44. The Kier molecular flexibility index (Phi) is 4.55. The number of nitrogens with zero attached hydrogens (tertiary/aromatic N) is 5. The summed E-state index contributed by atoms with van der Waals surface area (Å²) in [7, 11) is 0. The van der Waals surface area contributed by atoms with Gasteiger partial charge in [-0.3, -0.25) is 14.0 Å². The molecule has 1 aliphatic rings. The van der Waals surface area contributed by atoms with Gasteiger partial charge in [-0.1, -0.05) is 42.1 Å². The Morgan fingerprint density at radius 1 is 0.966 bits per heavy atom. The van der Waals surface area contributed by atoms with E-state index in [-0.39, 0.29) is 11.5 Å². The monoisotopic (exact) mass is 405 g/mol. The molecule has 0 radical (unpaired) electrons. The molecule has 5 rings (SSSR count). The summed E-state index contributed by atoms with van der Waals surface area (Å²) in [5, 5.41) is 9.81. The van der Waals surface area contributed by atoms with Gasteiger partial charge in [-0.2, -0.15) is 0 Å². The third kappa shape index (κ3) is 3.09. The maximum Gasteiger partial charge on any atom is 0.267 e. The maximum absolute atomic E-state index is 13.2. The van der Waals surface area contributed by atoms with Crippen LogP contribution in [0.3, 0.4) is 0 Å². The van der Waals surface area contributed by atoms with E-state index < -0.39 is 0 Å². The molecule has 0 atom stereocenters. The van der Waals surface area contributed by atoms with E-state index in [1.54, 1.807) is 10.6 Å². The van der Waals surface area contributed by atoms with Crippen molar-refractivity contribution in [1.82, 2.24) is 24.1 Å². The summed E-state index contributed by atoms with van der Waals surface area (Å²) in [6.07, 6.45) is 2.14. The van der Waals surface area contributed by atoms with Crippen molar-refractivity contribution in [1.29, 1.82) is 0 Å². The van der Waals surface area contributed by atoms with Gasteiger partial charge >= 0.3 is 0 Å². The van der Waals surface area contributed by atoms with Crippen molar-refractivity contribution in [2.45, 2.75) is 18.0 Å². The van der Waals surface area contributed by atoms with Gasteiger partial charge in [-0.15, -0.1) is 10.2 Å². The third-order valence-corrected chi connectivity index (χ3v) is 6.11. The summed E-state index contributed by atoms with van der Waals surface area (Å²) >= 11 is 1.36. The van der Waals surface area contributed by atoms with Gasteiger partial charge in [0.1, 0.15) is 0 Å². The van der Waals surface area contributed by atoms with Crippen LogP contribution >= 0.6 is 11.8 Å². The number of carbonyl (C=O) groups is 1. The van der Waals surface area contributed by atoms with Crippen LogP contribution in [0.4, 0.5) is 0 Å². The van der Waals surface area contributed by atoms with E-state index >= 15 is 0 Å². The molecule has 0 aliphatic carbocycles. The predicted octanol–water partition coefficient (Wildman–Crippen LogP) is 2.75. The molecule has 29 heavy (non-hydrogen) atoms. The second-order valence-corrected chi connectivity index (χ2v) is 7.93. The Morgan fingerprint density at radius 3 is 2.48 bits per heavy atom. The minimum absolute atomic E-state index is 0.116. The van der Waals surface area contributed by atoms with E-state index in [0.717, 1.165) is 37.1 Å². The zero-order chi connectivity index (χ0) is 19.8. The maximum atomic E-state index is 13.2. The first kappa shape index (κ1) is 17.9. The molecule has 1 aliphatic heterocycles. The van der Waals surface area contributed by atoms with Crippen LogP contribution in [-0.4, -0.2) is 48.8 Å². The zero-order valence-electron chi connectivity index (χ0n) is 15.7. The van der Waals surface area contributed by atoms with Gasteiger partial charge in [0.25, 0.3) is 5.56 Å². The van der Waals surface area contributed by atoms with Gasteiger partial charge in [0, 0.05) is 13.1 Å². The summed E-state index contributed by atoms with van der Waals surface area (Å²) in [5.74, 6) is 0.862. The molecule has 3 heterocycles. The molecule has 0 spiro atoms. The number of para-hydroxylation sites is 2. The van der Waals surface area contributed by atoms with Gasteiger partial charge in [-0.05, 0) is 37.1 Å². The molecule has 1 saturated heterocycles. The topological polar surface area (TPSA) is 72.5 Å². The van der Waals surface area contributed by atoms with E-state index in [2.05, 4.69) is 10.2 Å². The van der Waals surface area contributed by atoms with Gasteiger partial charge in [0.15, 0.2) is 5.16 Å². The Balaban J connectivity index is 1.64. The summed E-state index contributed by atoms with van der Waals surface area (Å²) < 4.78 is 3.44. The molecule has 2 aromatic carbocycles. The number of hydrogen-bond acceptors (Lipinski definition) is 5. The van der Waals surface area contributed by atoms with Gasteiger partial charge in [0.2, 0.25) is 11.7 Å². The molecule has 0 saturated carbocycles. The molecule has 146 valence electrons. The molecule has 8 heteroatoms. The lowest BCUT2D eigenvalue weighted by atomic mass is 10.2. The molecular formula is C21H19N5O2S. The van der Waals surface area contributed by atoms with E-state index in [9.17, 15) is 9.59 Å².